The molecule has 1 aliphatic rings. The zero-order valence-electron chi connectivity index (χ0n) is 14.9. The van der Waals surface area contributed by atoms with E-state index in [1.165, 1.54) is 22.8 Å². The lowest BCUT2D eigenvalue weighted by Crippen LogP contribution is -2.43. The highest BCUT2D eigenvalue weighted by Gasteiger charge is 2.39. The number of sulfonamides is 1. The molecule has 0 spiro atoms. The number of carbonyl (C=O) groups is 1. The molecule has 0 radical (unpaired) electrons. The molecule has 0 aliphatic carbocycles. The normalized spacial score (nSPS) is 17.5. The number of aromatic nitrogens is 2. The van der Waals surface area contributed by atoms with E-state index in [4.69, 9.17) is 4.52 Å². The minimum atomic E-state index is -3.73. The molecule has 1 atom stereocenters. The van der Waals surface area contributed by atoms with Gasteiger partial charge in [0.2, 0.25) is 28.1 Å². The minimum absolute atomic E-state index is 0.189. The Morgan fingerprint density at radius 2 is 1.96 bits per heavy atom. The number of rotatable bonds is 5. The highest BCUT2D eigenvalue weighted by molar-refractivity contribution is 7.89. The third-order valence-electron chi connectivity index (χ3n) is 4.61. The van der Waals surface area contributed by atoms with Crippen molar-refractivity contribution >= 4 is 21.6 Å². The van der Waals surface area contributed by atoms with Crippen LogP contribution in [-0.4, -0.2) is 41.4 Å². The molecule has 0 bridgehead atoms. The average molecular weight is 398 g/mol. The zero-order valence-corrected chi connectivity index (χ0v) is 15.7. The van der Waals surface area contributed by atoms with Crippen molar-refractivity contribution in [3.05, 3.63) is 61.0 Å². The van der Waals surface area contributed by atoms with Gasteiger partial charge in [-0.25, -0.2) is 8.42 Å². The van der Waals surface area contributed by atoms with Crippen LogP contribution in [0.4, 0.5) is 5.69 Å². The molecule has 1 aliphatic heterocycles. The summed E-state index contributed by atoms with van der Waals surface area (Å²) in [5, 5.41) is 6.58. The third-order valence-corrected chi connectivity index (χ3v) is 6.53. The van der Waals surface area contributed by atoms with E-state index >= 15 is 0 Å². The summed E-state index contributed by atoms with van der Waals surface area (Å²) in [6, 6.07) is 14.4. The average Bonchev–Trinajstić information content (AvgIpc) is 3.41. The summed E-state index contributed by atoms with van der Waals surface area (Å²) >= 11 is 0. The monoisotopic (exact) mass is 398 g/mol. The highest BCUT2D eigenvalue weighted by atomic mass is 32.2. The summed E-state index contributed by atoms with van der Waals surface area (Å²) in [7, 11) is -3.73. The fourth-order valence-corrected chi connectivity index (χ4v) is 4.95. The van der Waals surface area contributed by atoms with Crippen LogP contribution in [0.5, 0.6) is 0 Å². The SMILES string of the molecule is O=C(Nc1cccc(-c2ncon2)c1)C1CCCN1S(=O)(=O)c1ccccc1. The van der Waals surface area contributed by atoms with Gasteiger partial charge in [0.15, 0.2) is 0 Å². The summed E-state index contributed by atoms with van der Waals surface area (Å²) in [6.07, 6.45) is 2.33. The third kappa shape index (κ3) is 3.54. The maximum Gasteiger partial charge on any atom is 0.243 e. The lowest BCUT2D eigenvalue weighted by atomic mass is 10.1. The Labute approximate surface area is 162 Å². The van der Waals surface area contributed by atoms with Crippen LogP contribution < -0.4 is 5.32 Å². The van der Waals surface area contributed by atoms with Crippen molar-refractivity contribution in [2.75, 3.05) is 11.9 Å². The van der Waals surface area contributed by atoms with Crippen LogP contribution in [0.25, 0.3) is 11.4 Å². The van der Waals surface area contributed by atoms with Gasteiger partial charge in [-0.2, -0.15) is 9.29 Å². The first kappa shape index (κ1) is 18.3. The molecule has 9 heteroatoms. The smallest absolute Gasteiger partial charge is 0.243 e. The highest BCUT2D eigenvalue weighted by Crippen LogP contribution is 2.27. The number of nitrogens with one attached hydrogen (secondary N) is 1. The van der Waals surface area contributed by atoms with E-state index in [1.807, 2.05) is 0 Å². The summed E-state index contributed by atoms with van der Waals surface area (Å²) in [4.78, 5) is 17.0. The topological polar surface area (TPSA) is 105 Å². The first-order chi connectivity index (χ1) is 13.6. The lowest BCUT2D eigenvalue weighted by Gasteiger charge is -2.23. The Balaban J connectivity index is 1.54. The van der Waals surface area contributed by atoms with Crippen molar-refractivity contribution in [2.45, 2.75) is 23.8 Å². The van der Waals surface area contributed by atoms with Gasteiger partial charge in [0.25, 0.3) is 0 Å². The molecule has 1 amide bonds. The van der Waals surface area contributed by atoms with Crippen LogP contribution in [0.2, 0.25) is 0 Å². The molecular weight excluding hydrogens is 380 g/mol. The predicted octanol–water partition coefficient (Wildman–Crippen LogP) is 2.53. The number of anilines is 1. The van der Waals surface area contributed by atoms with E-state index < -0.39 is 16.1 Å². The van der Waals surface area contributed by atoms with Crippen molar-refractivity contribution in [1.29, 1.82) is 0 Å². The molecular formula is C19H18N4O4S. The molecule has 1 unspecified atom stereocenters. The Hall–Kier alpha value is -3.04. The quantitative estimate of drug-likeness (QED) is 0.708. The number of amides is 1. The van der Waals surface area contributed by atoms with Crippen LogP contribution in [0.3, 0.4) is 0 Å². The molecule has 1 N–H and O–H groups in total. The second-order valence-corrected chi connectivity index (χ2v) is 8.30. The van der Waals surface area contributed by atoms with Crippen LogP contribution >= 0.6 is 0 Å². The summed E-state index contributed by atoms with van der Waals surface area (Å²) in [6.45, 7) is 0.318. The van der Waals surface area contributed by atoms with Crippen LogP contribution in [-0.2, 0) is 14.8 Å². The molecule has 1 fully saturated rings. The zero-order chi connectivity index (χ0) is 19.6. The van der Waals surface area contributed by atoms with Crippen molar-refractivity contribution in [2.24, 2.45) is 0 Å². The van der Waals surface area contributed by atoms with Crippen LogP contribution in [0, 0.1) is 0 Å². The Bertz CT molecular complexity index is 1070. The van der Waals surface area contributed by atoms with E-state index in [1.54, 1.807) is 42.5 Å². The second kappa shape index (κ2) is 7.53. The van der Waals surface area contributed by atoms with Gasteiger partial charge in [-0.05, 0) is 37.1 Å². The maximum absolute atomic E-state index is 12.9. The van der Waals surface area contributed by atoms with Crippen molar-refractivity contribution < 1.29 is 17.7 Å². The molecule has 2 heterocycles. The van der Waals surface area contributed by atoms with Gasteiger partial charge < -0.3 is 9.84 Å². The largest absolute Gasteiger partial charge is 0.342 e. The summed E-state index contributed by atoms with van der Waals surface area (Å²) in [5.41, 5.74) is 1.22. The van der Waals surface area contributed by atoms with Gasteiger partial charge in [0.1, 0.15) is 6.04 Å². The molecule has 2 aromatic carbocycles. The summed E-state index contributed by atoms with van der Waals surface area (Å²) < 4.78 is 31.9. The Morgan fingerprint density at radius 1 is 1.14 bits per heavy atom. The molecule has 8 nitrogen and oxygen atoms in total. The molecule has 1 saturated heterocycles. The fourth-order valence-electron chi connectivity index (χ4n) is 3.28. The minimum Gasteiger partial charge on any atom is -0.342 e. The van der Waals surface area contributed by atoms with Crippen LogP contribution in [0.15, 0.2) is 70.4 Å². The Kier molecular flexibility index (Phi) is 4.93. The Morgan fingerprint density at radius 3 is 2.71 bits per heavy atom. The second-order valence-electron chi connectivity index (χ2n) is 6.41. The maximum atomic E-state index is 12.9. The standard InChI is InChI=1S/C19H18N4O4S/c24-19(21-15-7-4-6-14(12-15)18-20-13-27-22-18)17-10-5-11-23(17)28(25,26)16-8-2-1-3-9-16/h1-4,6-9,12-13,17H,5,10-11H2,(H,21,24). The van der Waals surface area contributed by atoms with Gasteiger partial charge in [0, 0.05) is 17.8 Å². The van der Waals surface area contributed by atoms with E-state index in [2.05, 4.69) is 15.5 Å². The first-order valence-electron chi connectivity index (χ1n) is 8.80. The van der Waals surface area contributed by atoms with E-state index in [-0.39, 0.29) is 10.8 Å². The molecule has 28 heavy (non-hydrogen) atoms. The van der Waals surface area contributed by atoms with Crippen LogP contribution in [0.1, 0.15) is 12.8 Å². The number of nitrogens with zero attached hydrogens (tertiary/aromatic N) is 3. The predicted molar refractivity (Wildman–Crippen MR) is 102 cm³/mol. The van der Waals surface area contributed by atoms with E-state index in [0.717, 1.165) is 0 Å². The number of hydrogen-bond acceptors (Lipinski definition) is 6. The molecule has 144 valence electrons. The first-order valence-corrected chi connectivity index (χ1v) is 10.2. The van der Waals surface area contributed by atoms with Crippen molar-refractivity contribution in [1.82, 2.24) is 14.4 Å². The van der Waals surface area contributed by atoms with Crippen molar-refractivity contribution in [3.8, 4) is 11.4 Å². The van der Waals surface area contributed by atoms with Gasteiger partial charge in [0.05, 0.1) is 4.90 Å². The van der Waals surface area contributed by atoms with E-state index in [0.29, 0.717) is 36.5 Å². The molecule has 0 saturated carbocycles. The summed E-state index contributed by atoms with van der Waals surface area (Å²) in [5.74, 6) is 0.0486. The van der Waals surface area contributed by atoms with Gasteiger partial charge in [-0.15, -0.1) is 0 Å². The van der Waals surface area contributed by atoms with E-state index in [9.17, 15) is 13.2 Å². The molecule has 3 aromatic rings. The van der Waals surface area contributed by atoms with Gasteiger partial charge >= 0.3 is 0 Å². The number of carbonyl (C=O) groups excluding carboxylic acids is 1. The fraction of sp³-hybridized carbons (Fsp3) is 0.211. The van der Waals surface area contributed by atoms with Crippen molar-refractivity contribution in [3.63, 3.8) is 0 Å². The molecule has 1 aromatic heterocycles. The number of hydrogen-bond donors (Lipinski definition) is 1. The molecule has 4 rings (SSSR count). The lowest BCUT2D eigenvalue weighted by molar-refractivity contribution is -0.119. The number of benzene rings is 2. The van der Waals surface area contributed by atoms with Gasteiger partial charge in [-0.1, -0.05) is 35.5 Å². The van der Waals surface area contributed by atoms with Gasteiger partial charge in [-0.3, -0.25) is 4.79 Å².